The molecule has 2 aromatic carbocycles. The first-order valence-electron chi connectivity index (χ1n) is 12.2. The maximum absolute atomic E-state index is 14.9. The number of carbonyl (C=O) groups excluding carboxylic acids is 4. The summed E-state index contributed by atoms with van der Waals surface area (Å²) in [5, 5.41) is 33.0. The Labute approximate surface area is 233 Å². The number of benzene rings is 2. The second kappa shape index (κ2) is 11.6. The zero-order chi connectivity index (χ0) is 31.0. The van der Waals surface area contributed by atoms with E-state index >= 15 is 0 Å². The van der Waals surface area contributed by atoms with Crippen LogP contribution in [-0.2, 0) is 20.8 Å². The predicted molar refractivity (Wildman–Crippen MR) is 131 cm³/mol. The van der Waals surface area contributed by atoms with Gasteiger partial charge in [-0.15, -0.1) is 0 Å². The SMILES string of the molecule is CCN1CCN(C(=O)NC(C(=O)N[C@H]2Cc3cccc(C(=O)O)c3OB2O)c2c(F)c(F)c(O)c(F)c2F)C(=O)C1=O. The number of halogens is 4. The first-order valence-corrected chi connectivity index (χ1v) is 12.2. The number of piperazine rings is 1. The van der Waals surface area contributed by atoms with Gasteiger partial charge in [-0.1, -0.05) is 12.1 Å². The number of nitrogens with one attached hydrogen (secondary N) is 2. The molecule has 5 N–H and O–H groups in total. The molecule has 2 heterocycles. The summed E-state index contributed by atoms with van der Waals surface area (Å²) in [6, 6.07) is -0.241. The number of nitrogens with zero attached hydrogens (tertiary/aromatic N) is 2. The zero-order valence-electron chi connectivity index (χ0n) is 21.5. The van der Waals surface area contributed by atoms with E-state index in [9.17, 15) is 56.8 Å². The fourth-order valence-electron chi connectivity index (χ4n) is 4.51. The van der Waals surface area contributed by atoms with E-state index in [1.165, 1.54) is 18.2 Å². The summed E-state index contributed by atoms with van der Waals surface area (Å²) in [5.74, 6) is -18.2. The van der Waals surface area contributed by atoms with Crippen molar-refractivity contribution in [2.45, 2.75) is 25.3 Å². The number of phenolic OH excluding ortho intramolecular Hbond substituents is 1. The van der Waals surface area contributed by atoms with Crippen LogP contribution in [-0.4, -0.2) is 87.5 Å². The first kappa shape index (κ1) is 30.1. The van der Waals surface area contributed by atoms with E-state index in [0.717, 1.165) is 4.90 Å². The molecule has 2 aromatic rings. The van der Waals surface area contributed by atoms with E-state index in [1.807, 2.05) is 0 Å². The number of fused-ring (bicyclic) bond motifs is 1. The average molecular weight is 596 g/mol. The van der Waals surface area contributed by atoms with E-state index < -0.39 is 89.9 Å². The highest BCUT2D eigenvalue weighted by Crippen LogP contribution is 2.34. The molecular weight excluding hydrogens is 575 g/mol. The molecule has 0 aromatic heterocycles. The monoisotopic (exact) mass is 596 g/mol. The highest BCUT2D eigenvalue weighted by atomic mass is 19.2. The van der Waals surface area contributed by atoms with Gasteiger partial charge in [-0.2, -0.15) is 8.78 Å². The minimum absolute atomic E-state index is 0.121. The molecule has 0 spiro atoms. The lowest BCUT2D eigenvalue weighted by molar-refractivity contribution is -0.153. The molecule has 0 saturated carbocycles. The van der Waals surface area contributed by atoms with Gasteiger partial charge >= 0.3 is 30.9 Å². The third-order valence-corrected chi connectivity index (χ3v) is 6.71. The Morgan fingerprint density at radius 2 is 1.71 bits per heavy atom. The van der Waals surface area contributed by atoms with E-state index in [-0.39, 0.29) is 36.4 Å². The lowest BCUT2D eigenvalue weighted by Crippen LogP contribution is -2.60. The third kappa shape index (κ3) is 5.27. The first-order chi connectivity index (χ1) is 19.8. The molecule has 0 aliphatic carbocycles. The van der Waals surface area contributed by atoms with Gasteiger partial charge in [0.1, 0.15) is 11.8 Å². The summed E-state index contributed by atoms with van der Waals surface area (Å²) in [7, 11) is -1.94. The van der Waals surface area contributed by atoms with Gasteiger partial charge < -0.3 is 35.4 Å². The molecule has 5 amide bonds. The second-order valence-electron chi connectivity index (χ2n) is 9.17. The van der Waals surface area contributed by atoms with E-state index in [2.05, 4.69) is 5.32 Å². The smallest absolute Gasteiger partial charge is 0.534 e. The van der Waals surface area contributed by atoms with E-state index in [0.29, 0.717) is 4.90 Å². The van der Waals surface area contributed by atoms with Gasteiger partial charge in [-0.3, -0.25) is 19.3 Å². The van der Waals surface area contributed by atoms with Crippen LogP contribution >= 0.6 is 0 Å². The molecule has 13 nitrogen and oxygen atoms in total. The summed E-state index contributed by atoms with van der Waals surface area (Å²) in [4.78, 5) is 63.8. The molecule has 42 heavy (non-hydrogen) atoms. The summed E-state index contributed by atoms with van der Waals surface area (Å²) in [6.07, 6.45) is -0.306. The van der Waals surface area contributed by atoms with Crippen molar-refractivity contribution >= 4 is 36.8 Å². The van der Waals surface area contributed by atoms with Gasteiger partial charge in [0.05, 0.1) is 17.1 Å². The molecule has 1 saturated heterocycles. The van der Waals surface area contributed by atoms with Crippen molar-refractivity contribution in [1.82, 2.24) is 20.4 Å². The maximum atomic E-state index is 14.9. The van der Waals surface area contributed by atoms with Crippen molar-refractivity contribution < 1.29 is 61.4 Å². The van der Waals surface area contributed by atoms with Crippen LogP contribution in [0.25, 0.3) is 0 Å². The number of likely N-dealkylation sites (N-methyl/N-ethyl adjacent to an activating group) is 1. The van der Waals surface area contributed by atoms with Crippen LogP contribution in [0.4, 0.5) is 22.4 Å². The largest absolute Gasteiger partial charge is 0.547 e. The molecule has 1 fully saturated rings. The van der Waals surface area contributed by atoms with Gasteiger partial charge in [0.25, 0.3) is 0 Å². The number of aromatic hydroxyl groups is 1. The van der Waals surface area contributed by atoms with Crippen molar-refractivity contribution in [2.75, 3.05) is 19.6 Å². The number of urea groups is 1. The van der Waals surface area contributed by atoms with Crippen molar-refractivity contribution in [3.8, 4) is 11.5 Å². The van der Waals surface area contributed by atoms with E-state index in [1.54, 1.807) is 12.2 Å². The molecular formula is C24H21BF4N4O9. The summed E-state index contributed by atoms with van der Waals surface area (Å²) >= 11 is 0. The molecule has 1 unspecified atom stereocenters. The average Bonchev–Trinajstić information content (AvgIpc) is 2.95. The molecule has 222 valence electrons. The number of rotatable bonds is 6. The minimum atomic E-state index is -2.63. The van der Waals surface area contributed by atoms with Crippen LogP contribution in [0.3, 0.4) is 0 Å². The van der Waals surface area contributed by atoms with Crippen molar-refractivity contribution in [1.29, 1.82) is 0 Å². The molecule has 4 rings (SSSR count). The number of amides is 5. The number of phenols is 1. The minimum Gasteiger partial charge on any atom is -0.534 e. The van der Waals surface area contributed by atoms with Crippen LogP contribution in [0.15, 0.2) is 18.2 Å². The lowest BCUT2D eigenvalue weighted by atomic mass is 9.72. The number of carboxylic acid groups (broad SMARTS) is 1. The topological polar surface area (TPSA) is 186 Å². The highest BCUT2D eigenvalue weighted by molar-refractivity contribution is 6.47. The van der Waals surface area contributed by atoms with Crippen LogP contribution in [0.1, 0.15) is 34.5 Å². The Morgan fingerprint density at radius 3 is 2.31 bits per heavy atom. The lowest BCUT2D eigenvalue weighted by Gasteiger charge is -2.33. The predicted octanol–water partition coefficient (Wildman–Crippen LogP) is 0.228. The van der Waals surface area contributed by atoms with Crippen LogP contribution in [0.2, 0.25) is 0 Å². The Bertz CT molecular complexity index is 1480. The van der Waals surface area contributed by atoms with Gasteiger partial charge in [0, 0.05) is 19.6 Å². The summed E-state index contributed by atoms with van der Waals surface area (Å²) < 4.78 is 63.4. The maximum Gasteiger partial charge on any atom is 0.547 e. The fourth-order valence-corrected chi connectivity index (χ4v) is 4.51. The second-order valence-corrected chi connectivity index (χ2v) is 9.17. The third-order valence-electron chi connectivity index (χ3n) is 6.71. The van der Waals surface area contributed by atoms with Gasteiger partial charge in [-0.25, -0.2) is 18.4 Å². The number of para-hydroxylation sites is 1. The standard InChI is InChI=1S/C24H21BF4N4O9/c1-2-32-6-7-33(22(37)21(32)36)24(40)31-17(12-13(26)15(28)18(34)16(29)14(12)27)20(35)30-11-8-9-4-3-5-10(23(38)39)19(9)42-25(11)41/h3-5,11,17,34,41H,2,6-8H2,1H3,(H,30,35)(H,31,40)(H,38,39)/t11-,17?/m0/s1. The molecule has 0 bridgehead atoms. The zero-order valence-corrected chi connectivity index (χ0v) is 21.5. The Balaban J connectivity index is 1.68. The van der Waals surface area contributed by atoms with Crippen LogP contribution < -0.4 is 15.3 Å². The Morgan fingerprint density at radius 1 is 1.07 bits per heavy atom. The molecule has 0 radical (unpaired) electrons. The highest BCUT2D eigenvalue weighted by Gasteiger charge is 2.43. The number of hydrogen-bond donors (Lipinski definition) is 5. The van der Waals surface area contributed by atoms with Crippen LogP contribution in [0.5, 0.6) is 11.5 Å². The van der Waals surface area contributed by atoms with Gasteiger partial charge in [-0.05, 0) is 25.0 Å². The van der Waals surface area contributed by atoms with Gasteiger partial charge in [0.2, 0.25) is 17.5 Å². The normalized spacial score (nSPS) is 17.4. The molecule has 2 aliphatic heterocycles. The van der Waals surface area contributed by atoms with Crippen molar-refractivity contribution in [3.05, 3.63) is 58.2 Å². The Kier molecular flexibility index (Phi) is 8.28. The van der Waals surface area contributed by atoms with Crippen molar-refractivity contribution in [3.63, 3.8) is 0 Å². The quantitative estimate of drug-likeness (QED) is 0.135. The fraction of sp³-hybridized carbons (Fsp3) is 0.292. The molecule has 2 atom stereocenters. The van der Waals surface area contributed by atoms with Gasteiger partial charge in [0.15, 0.2) is 17.4 Å². The molecule has 2 aliphatic rings. The number of carbonyl (C=O) groups is 5. The number of hydrogen-bond acceptors (Lipinski definition) is 8. The number of imide groups is 1. The summed E-state index contributed by atoms with van der Waals surface area (Å²) in [6.45, 7) is 1.15. The van der Waals surface area contributed by atoms with Crippen molar-refractivity contribution in [2.24, 2.45) is 0 Å². The van der Waals surface area contributed by atoms with E-state index in [4.69, 9.17) is 4.65 Å². The Hall–Kier alpha value is -4.87. The van der Waals surface area contributed by atoms with Crippen LogP contribution in [0, 0.1) is 23.3 Å². The molecule has 18 heteroatoms. The summed E-state index contributed by atoms with van der Waals surface area (Å²) in [5.41, 5.74) is -1.84. The number of carboxylic acids is 1. The number of aromatic carboxylic acids is 1.